The third kappa shape index (κ3) is 6.20. The third-order valence-corrected chi connectivity index (χ3v) is 4.99. The monoisotopic (exact) mass is 437 g/mol. The minimum absolute atomic E-state index is 0.0540. The molecule has 1 atom stereocenters. The maximum Gasteiger partial charge on any atom is 0.349 e. The van der Waals surface area contributed by atoms with E-state index in [9.17, 15) is 14.4 Å². The van der Waals surface area contributed by atoms with Gasteiger partial charge in [0, 0.05) is 23.9 Å². The summed E-state index contributed by atoms with van der Waals surface area (Å²) in [6, 6.07) is 13.8. The standard InChI is InChI=1S/C25H27NO6/c1-4-17(3)26-24(28)21-14-18-9-12-20(15-22(18)32-25(21)29)31-23(27)6-5-13-30-19-10-7-16(2)8-11-19/h7-12,14-15,17H,4-6,13H2,1-3H3,(H,26,28). The molecule has 0 saturated carbocycles. The summed E-state index contributed by atoms with van der Waals surface area (Å²) in [5.74, 6) is 0.134. The number of rotatable bonds is 9. The third-order valence-electron chi connectivity index (χ3n) is 4.99. The van der Waals surface area contributed by atoms with E-state index in [0.29, 0.717) is 18.4 Å². The number of hydrogen-bond donors (Lipinski definition) is 1. The van der Waals surface area contributed by atoms with E-state index in [4.69, 9.17) is 13.9 Å². The maximum absolute atomic E-state index is 12.3. The van der Waals surface area contributed by atoms with Gasteiger partial charge in [-0.05, 0) is 57.0 Å². The lowest BCUT2D eigenvalue weighted by Crippen LogP contribution is -2.34. The minimum Gasteiger partial charge on any atom is -0.494 e. The number of esters is 1. The van der Waals surface area contributed by atoms with Crippen molar-refractivity contribution in [3.8, 4) is 11.5 Å². The van der Waals surface area contributed by atoms with Gasteiger partial charge in [-0.25, -0.2) is 4.79 Å². The molecular weight excluding hydrogens is 410 g/mol. The average molecular weight is 437 g/mol. The van der Waals surface area contributed by atoms with Crippen molar-refractivity contribution in [3.63, 3.8) is 0 Å². The second-order valence-electron chi connectivity index (χ2n) is 7.67. The van der Waals surface area contributed by atoms with Gasteiger partial charge in [0.2, 0.25) is 0 Å². The largest absolute Gasteiger partial charge is 0.494 e. The molecule has 1 unspecified atom stereocenters. The summed E-state index contributed by atoms with van der Waals surface area (Å²) in [6.07, 6.45) is 1.43. The van der Waals surface area contributed by atoms with Crippen LogP contribution >= 0.6 is 0 Å². The van der Waals surface area contributed by atoms with E-state index >= 15 is 0 Å². The highest BCUT2D eigenvalue weighted by molar-refractivity contribution is 5.97. The molecule has 0 saturated heterocycles. The van der Waals surface area contributed by atoms with Crippen LogP contribution in [-0.2, 0) is 4.79 Å². The van der Waals surface area contributed by atoms with Crippen molar-refractivity contribution in [2.24, 2.45) is 0 Å². The molecule has 3 aromatic rings. The van der Waals surface area contributed by atoms with Crippen LogP contribution in [0.25, 0.3) is 11.0 Å². The number of hydrogen-bond acceptors (Lipinski definition) is 6. The Morgan fingerprint density at radius 3 is 2.50 bits per heavy atom. The van der Waals surface area contributed by atoms with Gasteiger partial charge in [0.25, 0.3) is 5.91 Å². The molecule has 0 radical (unpaired) electrons. The Kier molecular flexibility index (Phi) is 7.65. The highest BCUT2D eigenvalue weighted by atomic mass is 16.5. The number of amides is 1. The van der Waals surface area contributed by atoms with E-state index in [0.717, 1.165) is 17.7 Å². The van der Waals surface area contributed by atoms with Crippen LogP contribution in [0.4, 0.5) is 0 Å². The van der Waals surface area contributed by atoms with E-state index < -0.39 is 17.5 Å². The lowest BCUT2D eigenvalue weighted by atomic mass is 10.1. The number of ether oxygens (including phenoxy) is 2. The van der Waals surface area contributed by atoms with Gasteiger partial charge in [0.1, 0.15) is 22.6 Å². The fourth-order valence-electron chi connectivity index (χ4n) is 2.94. The molecule has 7 nitrogen and oxygen atoms in total. The quantitative estimate of drug-likeness (QED) is 0.231. The van der Waals surface area contributed by atoms with Crippen molar-refractivity contribution < 1.29 is 23.5 Å². The zero-order valence-electron chi connectivity index (χ0n) is 18.5. The zero-order chi connectivity index (χ0) is 23.1. The summed E-state index contributed by atoms with van der Waals surface area (Å²) in [4.78, 5) is 36.6. The van der Waals surface area contributed by atoms with Crippen molar-refractivity contribution in [1.82, 2.24) is 5.32 Å². The minimum atomic E-state index is -0.741. The first-order valence-corrected chi connectivity index (χ1v) is 10.6. The summed E-state index contributed by atoms with van der Waals surface area (Å²) < 4.78 is 16.2. The van der Waals surface area contributed by atoms with Crippen LogP contribution in [0, 0.1) is 6.92 Å². The summed E-state index contributed by atoms with van der Waals surface area (Å²) in [6.45, 7) is 6.19. The summed E-state index contributed by atoms with van der Waals surface area (Å²) >= 11 is 0. The van der Waals surface area contributed by atoms with Crippen LogP contribution < -0.4 is 20.4 Å². The molecule has 1 heterocycles. The van der Waals surface area contributed by atoms with Crippen LogP contribution in [0.3, 0.4) is 0 Å². The number of fused-ring (bicyclic) bond motifs is 1. The number of benzene rings is 2. The molecule has 0 aliphatic carbocycles. The van der Waals surface area contributed by atoms with Gasteiger partial charge in [0.05, 0.1) is 6.61 Å². The smallest absolute Gasteiger partial charge is 0.349 e. The molecule has 0 spiro atoms. The van der Waals surface area contributed by atoms with Crippen LogP contribution in [0.5, 0.6) is 11.5 Å². The van der Waals surface area contributed by atoms with Gasteiger partial charge in [-0.1, -0.05) is 24.6 Å². The van der Waals surface area contributed by atoms with E-state index in [1.807, 2.05) is 45.0 Å². The first-order valence-electron chi connectivity index (χ1n) is 10.6. The van der Waals surface area contributed by atoms with Gasteiger partial charge in [-0.2, -0.15) is 0 Å². The Morgan fingerprint density at radius 1 is 1.06 bits per heavy atom. The second-order valence-corrected chi connectivity index (χ2v) is 7.67. The summed E-state index contributed by atoms with van der Waals surface area (Å²) in [5.41, 5.74) is 0.590. The van der Waals surface area contributed by atoms with Gasteiger partial charge in [-0.15, -0.1) is 0 Å². The van der Waals surface area contributed by atoms with Crippen LogP contribution in [0.1, 0.15) is 49.0 Å². The van der Waals surface area contributed by atoms with Gasteiger partial charge in [-0.3, -0.25) is 9.59 Å². The number of carbonyl (C=O) groups is 2. The molecule has 7 heteroatoms. The van der Waals surface area contributed by atoms with E-state index in [1.54, 1.807) is 12.1 Å². The first kappa shape index (κ1) is 23.1. The lowest BCUT2D eigenvalue weighted by Gasteiger charge is -2.11. The van der Waals surface area contributed by atoms with Crippen molar-refractivity contribution in [2.75, 3.05) is 6.61 Å². The number of nitrogens with one attached hydrogen (secondary N) is 1. The SMILES string of the molecule is CCC(C)NC(=O)c1cc2ccc(OC(=O)CCCOc3ccc(C)cc3)cc2oc1=O. The molecule has 3 rings (SSSR count). The molecule has 2 aromatic carbocycles. The molecule has 0 fully saturated rings. The molecule has 0 aliphatic heterocycles. The second kappa shape index (κ2) is 10.6. The zero-order valence-corrected chi connectivity index (χ0v) is 18.5. The van der Waals surface area contributed by atoms with Gasteiger partial charge < -0.3 is 19.2 Å². The van der Waals surface area contributed by atoms with Crippen LogP contribution in [-0.4, -0.2) is 24.5 Å². The normalized spacial score (nSPS) is 11.7. The van der Waals surface area contributed by atoms with Crippen molar-refractivity contribution >= 4 is 22.8 Å². The van der Waals surface area contributed by atoms with Gasteiger partial charge in [0.15, 0.2) is 0 Å². The first-order chi connectivity index (χ1) is 15.4. The molecule has 32 heavy (non-hydrogen) atoms. The Morgan fingerprint density at radius 2 is 1.78 bits per heavy atom. The molecule has 0 aliphatic rings. The van der Waals surface area contributed by atoms with E-state index in [1.165, 1.54) is 12.1 Å². The number of aryl methyl sites for hydroxylation is 1. The molecule has 0 bridgehead atoms. The van der Waals surface area contributed by atoms with Crippen LogP contribution in [0.2, 0.25) is 0 Å². The summed E-state index contributed by atoms with van der Waals surface area (Å²) in [5, 5.41) is 3.31. The predicted octanol–water partition coefficient (Wildman–Crippen LogP) is 4.39. The predicted molar refractivity (Wildman–Crippen MR) is 121 cm³/mol. The van der Waals surface area contributed by atoms with Crippen molar-refractivity contribution in [3.05, 3.63) is 70.1 Å². The summed E-state index contributed by atoms with van der Waals surface area (Å²) in [7, 11) is 0. The average Bonchev–Trinajstić information content (AvgIpc) is 2.77. The topological polar surface area (TPSA) is 94.8 Å². The maximum atomic E-state index is 12.3. The van der Waals surface area contributed by atoms with Crippen molar-refractivity contribution in [1.29, 1.82) is 0 Å². The molecule has 1 N–H and O–H groups in total. The Bertz CT molecular complexity index is 1150. The van der Waals surface area contributed by atoms with Gasteiger partial charge >= 0.3 is 11.6 Å². The molecule has 1 aromatic heterocycles. The Hall–Kier alpha value is -3.61. The molecule has 1 amide bonds. The van der Waals surface area contributed by atoms with Crippen LogP contribution in [0.15, 0.2) is 57.7 Å². The van der Waals surface area contributed by atoms with E-state index in [-0.39, 0.29) is 29.4 Å². The van der Waals surface area contributed by atoms with E-state index in [2.05, 4.69) is 5.32 Å². The Balaban J connectivity index is 1.57. The highest BCUT2D eigenvalue weighted by Crippen LogP contribution is 2.21. The Labute approximate surface area is 186 Å². The fraction of sp³-hybridized carbons (Fsp3) is 0.320. The molecular formula is C25H27NO6. The number of carbonyl (C=O) groups excluding carboxylic acids is 2. The molecule has 168 valence electrons. The lowest BCUT2D eigenvalue weighted by molar-refractivity contribution is -0.134. The highest BCUT2D eigenvalue weighted by Gasteiger charge is 2.16. The van der Waals surface area contributed by atoms with Crippen molar-refractivity contribution in [2.45, 2.75) is 46.1 Å². The fourth-order valence-corrected chi connectivity index (χ4v) is 2.94.